The molecule has 0 saturated heterocycles. The molecule has 1 aliphatic carbocycles. The minimum absolute atomic E-state index is 0.106. The second kappa shape index (κ2) is 16.5. The number of aldehydes is 1. The molecule has 6 N–H and O–H groups in total. The van der Waals surface area contributed by atoms with Crippen LogP contribution in [-0.4, -0.2) is 49.1 Å². The zero-order chi connectivity index (χ0) is 30.5. The third-order valence-electron chi connectivity index (χ3n) is 6.80. The highest BCUT2D eigenvalue weighted by molar-refractivity contribution is 6.34. The molecule has 0 radical (unpaired) electrons. The van der Waals surface area contributed by atoms with Crippen LogP contribution in [0.1, 0.15) is 50.3 Å². The Morgan fingerprint density at radius 2 is 1.93 bits per heavy atom. The maximum absolute atomic E-state index is 13.9. The summed E-state index contributed by atoms with van der Waals surface area (Å²) in [6.45, 7) is 4.88. The number of aromatic nitrogens is 1. The molecule has 4 rings (SSSR count). The minimum atomic E-state index is -0.455. The molecular formula is C32H40ClFN6O2. The molecule has 2 aromatic carbocycles. The number of nitrogens with one attached hydrogen (secondary N) is 2. The number of aryl methyl sites for hydroxylation is 1. The van der Waals surface area contributed by atoms with Crippen LogP contribution in [0.2, 0.25) is 5.02 Å². The van der Waals surface area contributed by atoms with Crippen LogP contribution in [0.5, 0.6) is 5.75 Å². The Bertz CT molecular complexity index is 1430. The van der Waals surface area contributed by atoms with Gasteiger partial charge in [0.15, 0.2) is 0 Å². The molecule has 224 valence electrons. The van der Waals surface area contributed by atoms with Gasteiger partial charge in [0.25, 0.3) is 0 Å². The maximum Gasteiger partial charge on any atom is 0.135 e. The largest absolute Gasteiger partial charge is 0.492 e. The van der Waals surface area contributed by atoms with Gasteiger partial charge in [-0.2, -0.15) is 0 Å². The number of ether oxygens (including phenoxy) is 1. The van der Waals surface area contributed by atoms with Crippen LogP contribution in [0.15, 0.2) is 70.4 Å². The Balaban J connectivity index is 0.00000155. The standard InChI is InChI=1S/C30H36ClFN6O.C2H4O/c1-19-14-23(39-13-12-35-2)9-10-24(19)20-15-28(36-18-20)29(37-22-6-4-3-5-7-22)25(17-33)30(34)38-27-16-21(32)8-11-26(27)31;1-2-3/h8-11,14-18,22,35-36H,3-7,12-13,33H2,1-2H3,(H2,34,38);2H,1H3/b25-17+,37-29?;. The second-order valence-electron chi connectivity index (χ2n) is 9.91. The molecule has 0 atom stereocenters. The number of aliphatic imine (C=N–C) groups is 2. The molecule has 8 nitrogen and oxygen atoms in total. The molecule has 1 fully saturated rings. The van der Waals surface area contributed by atoms with Gasteiger partial charge in [-0.1, -0.05) is 36.9 Å². The van der Waals surface area contributed by atoms with Crippen molar-refractivity contribution >= 4 is 35.1 Å². The summed E-state index contributed by atoms with van der Waals surface area (Å²) in [5, 5.41) is 3.37. The SMILES string of the molecule is CC=O.CNCCOc1ccc(-c2c[nH]c(C(=NC3CCCCC3)/C(=C\N)C(N)=Nc3cc(F)ccc3Cl)c2)c(C)c1. The second-order valence-corrected chi connectivity index (χ2v) is 10.3. The molecule has 0 amide bonds. The van der Waals surface area contributed by atoms with E-state index in [4.69, 9.17) is 37.6 Å². The first-order valence-electron chi connectivity index (χ1n) is 14.1. The monoisotopic (exact) mass is 594 g/mol. The fraction of sp³-hybridized carbons (Fsp3) is 0.344. The van der Waals surface area contributed by atoms with Crippen molar-refractivity contribution in [2.24, 2.45) is 21.5 Å². The van der Waals surface area contributed by atoms with E-state index in [-0.39, 0.29) is 22.6 Å². The molecule has 10 heteroatoms. The van der Waals surface area contributed by atoms with Crippen LogP contribution in [0.4, 0.5) is 10.1 Å². The highest BCUT2D eigenvalue weighted by atomic mass is 35.5. The fourth-order valence-corrected chi connectivity index (χ4v) is 4.89. The van der Waals surface area contributed by atoms with Crippen molar-refractivity contribution in [2.45, 2.75) is 52.0 Å². The average molecular weight is 595 g/mol. The van der Waals surface area contributed by atoms with Crippen LogP contribution in [0.3, 0.4) is 0 Å². The summed E-state index contributed by atoms with van der Waals surface area (Å²) in [6, 6.07) is 12.2. The highest BCUT2D eigenvalue weighted by Gasteiger charge is 2.21. The van der Waals surface area contributed by atoms with Gasteiger partial charge in [-0.05, 0) is 75.2 Å². The van der Waals surface area contributed by atoms with Crippen molar-refractivity contribution in [1.29, 1.82) is 0 Å². The van der Waals surface area contributed by atoms with E-state index >= 15 is 0 Å². The quantitative estimate of drug-likeness (QED) is 0.0955. The van der Waals surface area contributed by atoms with Crippen molar-refractivity contribution < 1.29 is 13.9 Å². The summed E-state index contributed by atoms with van der Waals surface area (Å²) >= 11 is 6.24. The summed E-state index contributed by atoms with van der Waals surface area (Å²) < 4.78 is 19.7. The minimum Gasteiger partial charge on any atom is -0.492 e. The average Bonchev–Trinajstić information content (AvgIpc) is 3.46. The van der Waals surface area contributed by atoms with Crippen LogP contribution in [0.25, 0.3) is 11.1 Å². The van der Waals surface area contributed by atoms with E-state index in [0.717, 1.165) is 66.6 Å². The number of halogens is 2. The van der Waals surface area contributed by atoms with Crippen molar-refractivity contribution in [3.63, 3.8) is 0 Å². The molecule has 0 aliphatic heterocycles. The molecule has 42 heavy (non-hydrogen) atoms. The lowest BCUT2D eigenvalue weighted by molar-refractivity contribution is -0.106. The number of nitrogens with zero attached hydrogens (tertiary/aromatic N) is 2. The first kappa shape index (κ1) is 32.6. The van der Waals surface area contributed by atoms with Gasteiger partial charge in [0.1, 0.15) is 30.3 Å². The Kier molecular flexibility index (Phi) is 12.8. The lowest BCUT2D eigenvalue weighted by Crippen LogP contribution is -2.25. The van der Waals surface area contributed by atoms with Crippen molar-refractivity contribution in [3.05, 3.63) is 82.5 Å². The van der Waals surface area contributed by atoms with E-state index < -0.39 is 5.82 Å². The summed E-state index contributed by atoms with van der Waals surface area (Å²) in [5.41, 5.74) is 17.8. The van der Waals surface area contributed by atoms with Gasteiger partial charge in [-0.15, -0.1) is 0 Å². The molecule has 1 aliphatic rings. The Labute approximate surface area is 252 Å². The fourth-order valence-electron chi connectivity index (χ4n) is 4.73. The van der Waals surface area contributed by atoms with Crippen molar-refractivity contribution in [3.8, 4) is 16.9 Å². The first-order valence-corrected chi connectivity index (χ1v) is 14.5. The number of carbonyl (C=O) groups excluding carboxylic acids is 1. The van der Waals surface area contributed by atoms with Gasteiger partial charge >= 0.3 is 0 Å². The van der Waals surface area contributed by atoms with Crippen LogP contribution < -0.4 is 21.5 Å². The Hall–Kier alpha value is -3.95. The number of H-pyrrole nitrogens is 1. The predicted octanol–water partition coefficient (Wildman–Crippen LogP) is 6.24. The van der Waals surface area contributed by atoms with Gasteiger partial charge in [0.05, 0.1) is 33.7 Å². The van der Waals surface area contributed by atoms with Crippen molar-refractivity contribution in [1.82, 2.24) is 10.3 Å². The lowest BCUT2D eigenvalue weighted by Gasteiger charge is -2.20. The molecule has 1 saturated carbocycles. The zero-order valence-corrected chi connectivity index (χ0v) is 25.2. The number of amidine groups is 1. The number of aromatic amines is 1. The predicted molar refractivity (Wildman–Crippen MR) is 170 cm³/mol. The van der Waals surface area contributed by atoms with Gasteiger partial charge in [0, 0.05) is 30.6 Å². The Morgan fingerprint density at radius 3 is 2.60 bits per heavy atom. The number of benzene rings is 2. The molecule has 0 bridgehead atoms. The molecule has 1 heterocycles. The molecule has 0 unspecified atom stereocenters. The summed E-state index contributed by atoms with van der Waals surface area (Å²) in [4.78, 5) is 21.7. The van der Waals surface area contributed by atoms with E-state index in [2.05, 4.69) is 28.3 Å². The van der Waals surface area contributed by atoms with Gasteiger partial charge < -0.3 is 31.3 Å². The van der Waals surface area contributed by atoms with Crippen LogP contribution in [-0.2, 0) is 4.79 Å². The van der Waals surface area contributed by atoms with Gasteiger partial charge in [-0.3, -0.25) is 4.99 Å². The summed E-state index contributed by atoms with van der Waals surface area (Å²) in [7, 11) is 1.90. The van der Waals surface area contributed by atoms with E-state index in [0.29, 0.717) is 17.9 Å². The number of rotatable bonds is 10. The number of nitrogens with two attached hydrogens (primary N) is 2. The number of hydrogen-bond acceptors (Lipinski definition) is 6. The van der Waals surface area contributed by atoms with E-state index in [1.54, 1.807) is 0 Å². The number of hydrogen-bond donors (Lipinski definition) is 4. The van der Waals surface area contributed by atoms with Gasteiger partial charge in [0.2, 0.25) is 0 Å². The number of likely N-dealkylation sites (N-methyl/N-ethyl adjacent to an activating group) is 1. The maximum atomic E-state index is 13.9. The lowest BCUT2D eigenvalue weighted by atomic mass is 9.95. The Morgan fingerprint density at radius 1 is 1.19 bits per heavy atom. The smallest absolute Gasteiger partial charge is 0.135 e. The normalized spacial score (nSPS) is 14.7. The van der Waals surface area contributed by atoms with E-state index in [1.165, 1.54) is 37.7 Å². The highest BCUT2D eigenvalue weighted by Crippen LogP contribution is 2.30. The van der Waals surface area contributed by atoms with Gasteiger partial charge in [-0.25, -0.2) is 9.38 Å². The van der Waals surface area contributed by atoms with Crippen molar-refractivity contribution in [2.75, 3.05) is 20.2 Å². The summed E-state index contributed by atoms with van der Waals surface area (Å²) in [5.74, 6) is 0.480. The summed E-state index contributed by atoms with van der Waals surface area (Å²) in [6.07, 6.45) is 9.55. The molecular weight excluding hydrogens is 555 g/mol. The van der Waals surface area contributed by atoms with Crippen LogP contribution >= 0.6 is 11.6 Å². The van der Waals surface area contributed by atoms with E-state index in [9.17, 15) is 4.39 Å². The molecule has 0 spiro atoms. The first-order chi connectivity index (χ1) is 20.3. The third-order valence-corrected chi connectivity index (χ3v) is 7.12. The molecule has 3 aromatic rings. The van der Waals surface area contributed by atoms with Crippen LogP contribution in [0, 0.1) is 12.7 Å². The van der Waals surface area contributed by atoms with E-state index in [1.807, 2.05) is 31.4 Å². The topological polar surface area (TPSA) is 131 Å². The third kappa shape index (κ3) is 9.03. The molecule has 1 aromatic heterocycles. The number of carbonyl (C=O) groups is 1. The zero-order valence-electron chi connectivity index (χ0n) is 24.4.